The standard InChI is InChI=1S/C15H10F3N3O3/c1-24-13-10(4-9(5-19-13)15(16,17)18)8-2-3-12-20-11(14(22)23)7-21(12)6-8/h2-7H,1H3,(H,22,23). The first-order valence-corrected chi connectivity index (χ1v) is 6.63. The molecule has 0 atom stereocenters. The number of carbonyl (C=O) groups is 1. The number of rotatable bonds is 3. The van der Waals surface area contributed by atoms with E-state index in [0.29, 0.717) is 17.4 Å². The number of hydrogen-bond donors (Lipinski definition) is 1. The lowest BCUT2D eigenvalue weighted by molar-refractivity contribution is -0.137. The number of pyridine rings is 2. The summed E-state index contributed by atoms with van der Waals surface area (Å²) in [5.74, 6) is -1.17. The van der Waals surface area contributed by atoms with Crippen LogP contribution in [-0.4, -0.2) is 32.6 Å². The average molecular weight is 337 g/mol. The molecule has 0 spiro atoms. The molecule has 124 valence electrons. The predicted octanol–water partition coefficient (Wildman–Crippen LogP) is 3.12. The van der Waals surface area contributed by atoms with Crippen LogP contribution in [0, 0.1) is 0 Å². The Morgan fingerprint density at radius 1 is 1.29 bits per heavy atom. The van der Waals surface area contributed by atoms with Gasteiger partial charge in [0.15, 0.2) is 5.69 Å². The number of alkyl halides is 3. The zero-order valence-corrected chi connectivity index (χ0v) is 12.2. The number of aromatic carboxylic acids is 1. The number of imidazole rings is 1. The summed E-state index contributed by atoms with van der Waals surface area (Å²) in [5, 5.41) is 8.95. The number of hydrogen-bond acceptors (Lipinski definition) is 4. The monoisotopic (exact) mass is 337 g/mol. The zero-order chi connectivity index (χ0) is 17.5. The van der Waals surface area contributed by atoms with Gasteiger partial charge in [-0.25, -0.2) is 14.8 Å². The molecule has 3 aromatic heterocycles. The maximum absolute atomic E-state index is 12.9. The fourth-order valence-corrected chi connectivity index (χ4v) is 2.23. The van der Waals surface area contributed by atoms with Crippen LogP contribution < -0.4 is 4.74 Å². The van der Waals surface area contributed by atoms with Crippen molar-refractivity contribution in [3.8, 4) is 17.0 Å². The highest BCUT2D eigenvalue weighted by atomic mass is 19.4. The third-order valence-corrected chi connectivity index (χ3v) is 3.35. The topological polar surface area (TPSA) is 76.7 Å². The normalized spacial score (nSPS) is 11.7. The molecule has 0 fully saturated rings. The lowest BCUT2D eigenvalue weighted by Crippen LogP contribution is -2.06. The van der Waals surface area contributed by atoms with Crippen molar-refractivity contribution in [1.82, 2.24) is 14.4 Å². The summed E-state index contributed by atoms with van der Waals surface area (Å²) in [6, 6.07) is 3.96. The minimum absolute atomic E-state index is 0.0286. The number of carboxylic acids is 1. The fourth-order valence-electron chi connectivity index (χ4n) is 2.23. The molecule has 3 heterocycles. The van der Waals surface area contributed by atoms with E-state index in [1.165, 1.54) is 36.0 Å². The second-order valence-corrected chi connectivity index (χ2v) is 4.89. The van der Waals surface area contributed by atoms with Crippen LogP contribution in [0.4, 0.5) is 13.2 Å². The van der Waals surface area contributed by atoms with E-state index in [1.54, 1.807) is 0 Å². The molecule has 3 aromatic rings. The van der Waals surface area contributed by atoms with Gasteiger partial charge in [0, 0.05) is 29.7 Å². The Balaban J connectivity index is 2.16. The van der Waals surface area contributed by atoms with Crippen molar-refractivity contribution in [1.29, 1.82) is 0 Å². The van der Waals surface area contributed by atoms with E-state index >= 15 is 0 Å². The molecular formula is C15H10F3N3O3. The summed E-state index contributed by atoms with van der Waals surface area (Å²) < 4.78 is 45.2. The molecule has 0 unspecified atom stereocenters. The molecule has 0 radical (unpaired) electrons. The van der Waals surface area contributed by atoms with Crippen LogP contribution in [0.3, 0.4) is 0 Å². The van der Waals surface area contributed by atoms with Gasteiger partial charge < -0.3 is 14.2 Å². The van der Waals surface area contributed by atoms with Crippen molar-refractivity contribution in [2.24, 2.45) is 0 Å². The first-order valence-electron chi connectivity index (χ1n) is 6.63. The molecule has 6 nitrogen and oxygen atoms in total. The van der Waals surface area contributed by atoms with Crippen LogP contribution in [0.1, 0.15) is 16.1 Å². The van der Waals surface area contributed by atoms with Crippen molar-refractivity contribution in [2.75, 3.05) is 7.11 Å². The molecule has 3 rings (SSSR count). The SMILES string of the molecule is COc1ncc(C(F)(F)F)cc1-c1ccc2nc(C(=O)O)cn2c1. The minimum Gasteiger partial charge on any atom is -0.481 e. The van der Waals surface area contributed by atoms with Crippen molar-refractivity contribution >= 4 is 11.6 Å². The number of nitrogens with zero attached hydrogens (tertiary/aromatic N) is 3. The van der Waals surface area contributed by atoms with Gasteiger partial charge in [-0.05, 0) is 18.2 Å². The van der Waals surface area contributed by atoms with Crippen LogP contribution in [0.2, 0.25) is 0 Å². The molecule has 0 aliphatic heterocycles. The third kappa shape index (κ3) is 2.75. The summed E-state index contributed by atoms with van der Waals surface area (Å²) in [6.45, 7) is 0. The molecule has 0 saturated heterocycles. The molecule has 0 aliphatic carbocycles. The van der Waals surface area contributed by atoms with E-state index < -0.39 is 17.7 Å². The van der Waals surface area contributed by atoms with Gasteiger partial charge in [-0.3, -0.25) is 0 Å². The Morgan fingerprint density at radius 2 is 2.04 bits per heavy atom. The Bertz CT molecular complexity index is 935. The van der Waals surface area contributed by atoms with Gasteiger partial charge in [-0.15, -0.1) is 0 Å². The summed E-state index contributed by atoms with van der Waals surface area (Å²) in [5.41, 5.74) is -0.196. The summed E-state index contributed by atoms with van der Waals surface area (Å²) in [4.78, 5) is 18.5. The molecule has 24 heavy (non-hydrogen) atoms. The van der Waals surface area contributed by atoms with Gasteiger partial charge in [0.25, 0.3) is 0 Å². The number of methoxy groups -OCH3 is 1. The lowest BCUT2D eigenvalue weighted by Gasteiger charge is -2.12. The van der Waals surface area contributed by atoms with Gasteiger partial charge in [0.1, 0.15) is 5.65 Å². The molecular weight excluding hydrogens is 327 g/mol. The maximum atomic E-state index is 12.9. The quantitative estimate of drug-likeness (QED) is 0.795. The number of ether oxygens (including phenoxy) is 1. The first kappa shape index (κ1) is 15.8. The van der Waals surface area contributed by atoms with Gasteiger partial charge in [0.2, 0.25) is 5.88 Å². The molecule has 0 amide bonds. The minimum atomic E-state index is -4.54. The van der Waals surface area contributed by atoms with E-state index in [1.807, 2.05) is 0 Å². The second-order valence-electron chi connectivity index (χ2n) is 4.89. The molecule has 0 aromatic carbocycles. The van der Waals surface area contributed by atoms with Crippen LogP contribution in [0.25, 0.3) is 16.8 Å². The average Bonchev–Trinajstić information content (AvgIpc) is 2.96. The van der Waals surface area contributed by atoms with Gasteiger partial charge in [0.05, 0.1) is 12.7 Å². The van der Waals surface area contributed by atoms with Crippen LogP contribution >= 0.6 is 0 Å². The molecule has 1 N–H and O–H groups in total. The number of fused-ring (bicyclic) bond motifs is 1. The van der Waals surface area contributed by atoms with Crippen molar-refractivity contribution in [3.05, 3.63) is 48.0 Å². The van der Waals surface area contributed by atoms with Gasteiger partial charge in [-0.1, -0.05) is 0 Å². The van der Waals surface area contributed by atoms with Crippen molar-refractivity contribution in [3.63, 3.8) is 0 Å². The smallest absolute Gasteiger partial charge is 0.417 e. The maximum Gasteiger partial charge on any atom is 0.417 e. The molecule has 9 heteroatoms. The second kappa shape index (κ2) is 5.52. The van der Waals surface area contributed by atoms with Gasteiger partial charge >= 0.3 is 12.1 Å². The Kier molecular flexibility index (Phi) is 3.63. The molecule has 0 saturated carbocycles. The van der Waals surface area contributed by atoms with Crippen LogP contribution in [0.15, 0.2) is 36.8 Å². The lowest BCUT2D eigenvalue weighted by atomic mass is 10.1. The summed E-state index contributed by atoms with van der Waals surface area (Å²) in [7, 11) is 1.30. The van der Waals surface area contributed by atoms with E-state index in [9.17, 15) is 18.0 Å². The zero-order valence-electron chi connectivity index (χ0n) is 12.2. The highest BCUT2D eigenvalue weighted by Gasteiger charge is 2.32. The Labute approximate surface area is 133 Å². The fraction of sp³-hybridized carbons (Fsp3) is 0.133. The largest absolute Gasteiger partial charge is 0.481 e. The van der Waals surface area contributed by atoms with Crippen molar-refractivity contribution in [2.45, 2.75) is 6.18 Å². The van der Waals surface area contributed by atoms with Crippen LogP contribution in [-0.2, 0) is 6.18 Å². The number of carboxylic acid groups (broad SMARTS) is 1. The number of aromatic nitrogens is 3. The summed E-state index contributed by atoms with van der Waals surface area (Å²) >= 11 is 0. The highest BCUT2D eigenvalue weighted by Crippen LogP contribution is 2.35. The first-order chi connectivity index (χ1) is 11.3. The van der Waals surface area contributed by atoms with E-state index in [2.05, 4.69) is 9.97 Å². The van der Waals surface area contributed by atoms with E-state index in [-0.39, 0.29) is 17.1 Å². The molecule has 0 aliphatic rings. The van der Waals surface area contributed by atoms with Gasteiger partial charge in [-0.2, -0.15) is 13.2 Å². The molecule has 0 bridgehead atoms. The Morgan fingerprint density at radius 3 is 2.67 bits per heavy atom. The predicted molar refractivity (Wildman–Crippen MR) is 76.9 cm³/mol. The summed E-state index contributed by atoms with van der Waals surface area (Å²) in [6.07, 6.45) is -1.10. The Hall–Kier alpha value is -3.10. The third-order valence-electron chi connectivity index (χ3n) is 3.35. The van der Waals surface area contributed by atoms with E-state index in [4.69, 9.17) is 9.84 Å². The number of halogens is 3. The van der Waals surface area contributed by atoms with Crippen LogP contribution in [0.5, 0.6) is 5.88 Å². The van der Waals surface area contributed by atoms with E-state index in [0.717, 1.165) is 6.07 Å². The highest BCUT2D eigenvalue weighted by molar-refractivity contribution is 5.86. The van der Waals surface area contributed by atoms with Crippen molar-refractivity contribution < 1.29 is 27.8 Å².